The molecule has 0 saturated heterocycles. The van der Waals surface area contributed by atoms with Gasteiger partial charge in [-0.3, -0.25) is 4.98 Å². The summed E-state index contributed by atoms with van der Waals surface area (Å²) in [6.45, 7) is 0.669. The summed E-state index contributed by atoms with van der Waals surface area (Å²) in [5, 5.41) is 11.4. The zero-order valence-electron chi connectivity index (χ0n) is 14.4. The molecule has 4 N–H and O–H groups in total. The van der Waals surface area contributed by atoms with E-state index >= 15 is 0 Å². The van der Waals surface area contributed by atoms with Crippen molar-refractivity contribution < 1.29 is 0 Å². The fourth-order valence-electron chi connectivity index (χ4n) is 3.30. The number of rotatable bonds is 5. The van der Waals surface area contributed by atoms with Crippen molar-refractivity contribution in [2.75, 3.05) is 10.6 Å². The van der Waals surface area contributed by atoms with Crippen molar-refractivity contribution in [2.45, 2.75) is 44.3 Å². The van der Waals surface area contributed by atoms with Gasteiger partial charge in [0.1, 0.15) is 11.6 Å². The molecule has 8 heteroatoms. The van der Waals surface area contributed by atoms with Crippen molar-refractivity contribution in [1.82, 2.24) is 19.6 Å². The molecule has 3 aromatic rings. The largest absolute Gasteiger partial charge is 0.367 e. The van der Waals surface area contributed by atoms with E-state index in [9.17, 15) is 0 Å². The number of nitrogens with one attached hydrogen (secondary N) is 2. The lowest BCUT2D eigenvalue weighted by Crippen LogP contribution is -2.33. The minimum absolute atomic E-state index is 0.337. The van der Waals surface area contributed by atoms with Gasteiger partial charge in [0.25, 0.3) is 0 Å². The minimum Gasteiger partial charge on any atom is -0.367 e. The lowest BCUT2D eigenvalue weighted by Gasteiger charge is -2.27. The Balaban J connectivity index is 1.57. The molecule has 0 aliphatic heterocycles. The van der Waals surface area contributed by atoms with Gasteiger partial charge in [0.2, 0.25) is 0 Å². The van der Waals surface area contributed by atoms with E-state index in [1.807, 2.05) is 28.9 Å². The highest BCUT2D eigenvalue weighted by molar-refractivity contribution is 9.10. The zero-order valence-corrected chi connectivity index (χ0v) is 16.0. The second-order valence-corrected chi connectivity index (χ2v) is 7.58. The minimum atomic E-state index is 0.337. The van der Waals surface area contributed by atoms with Crippen LogP contribution in [-0.4, -0.2) is 31.7 Å². The molecule has 136 valence electrons. The predicted molar refractivity (Wildman–Crippen MR) is 106 cm³/mol. The Labute approximate surface area is 160 Å². The first-order valence-electron chi connectivity index (χ1n) is 8.88. The van der Waals surface area contributed by atoms with Gasteiger partial charge < -0.3 is 16.4 Å². The summed E-state index contributed by atoms with van der Waals surface area (Å²) < 4.78 is 2.68. The Morgan fingerprint density at radius 1 is 1.23 bits per heavy atom. The third-order valence-corrected chi connectivity index (χ3v) is 5.31. The van der Waals surface area contributed by atoms with E-state index in [0.717, 1.165) is 53.0 Å². The van der Waals surface area contributed by atoms with Gasteiger partial charge in [-0.2, -0.15) is 9.61 Å². The molecule has 0 atom stereocenters. The van der Waals surface area contributed by atoms with Crippen molar-refractivity contribution in [2.24, 2.45) is 5.73 Å². The van der Waals surface area contributed by atoms with Gasteiger partial charge in [0.15, 0.2) is 5.65 Å². The second-order valence-electron chi connectivity index (χ2n) is 6.73. The smallest absolute Gasteiger partial charge is 0.173 e. The van der Waals surface area contributed by atoms with Crippen molar-refractivity contribution >= 4 is 33.2 Å². The van der Waals surface area contributed by atoms with E-state index in [1.54, 1.807) is 12.4 Å². The van der Waals surface area contributed by atoms with Crippen LogP contribution >= 0.6 is 15.9 Å². The lowest BCUT2D eigenvalue weighted by molar-refractivity contribution is 0.410. The van der Waals surface area contributed by atoms with Gasteiger partial charge in [-0.15, -0.1) is 0 Å². The monoisotopic (exact) mass is 415 g/mol. The summed E-state index contributed by atoms with van der Waals surface area (Å²) in [6.07, 6.45) is 9.66. The topological polar surface area (TPSA) is 93.2 Å². The van der Waals surface area contributed by atoms with Gasteiger partial charge in [0.05, 0.1) is 10.7 Å². The molecular formula is C18H22BrN7. The molecule has 0 radical (unpaired) electrons. The Kier molecular flexibility index (Phi) is 5.03. The van der Waals surface area contributed by atoms with Gasteiger partial charge in [-0.1, -0.05) is 6.07 Å². The van der Waals surface area contributed by atoms with Crippen LogP contribution in [0.3, 0.4) is 0 Å². The summed E-state index contributed by atoms with van der Waals surface area (Å²) in [7, 11) is 0. The van der Waals surface area contributed by atoms with E-state index < -0.39 is 0 Å². The van der Waals surface area contributed by atoms with E-state index in [0.29, 0.717) is 18.6 Å². The predicted octanol–water partition coefficient (Wildman–Crippen LogP) is 3.18. The number of pyridine rings is 1. The van der Waals surface area contributed by atoms with Crippen molar-refractivity contribution in [3.8, 4) is 0 Å². The Morgan fingerprint density at radius 3 is 2.85 bits per heavy atom. The number of halogens is 1. The number of aromatic nitrogens is 4. The van der Waals surface area contributed by atoms with Crippen molar-refractivity contribution in [3.63, 3.8) is 0 Å². The summed E-state index contributed by atoms with van der Waals surface area (Å²) in [6, 6.07) is 6.74. The SMILES string of the molecule is NC1CCC(Nc2cc(NCc3cccnc3)n3ncc(Br)c3n2)CC1. The van der Waals surface area contributed by atoms with Crippen LogP contribution in [0.4, 0.5) is 11.6 Å². The Morgan fingerprint density at radius 2 is 2.08 bits per heavy atom. The molecule has 3 aromatic heterocycles. The van der Waals surface area contributed by atoms with Crippen LogP contribution in [0.5, 0.6) is 0 Å². The molecule has 1 fully saturated rings. The maximum absolute atomic E-state index is 6.01. The highest BCUT2D eigenvalue weighted by atomic mass is 79.9. The van der Waals surface area contributed by atoms with E-state index in [-0.39, 0.29) is 0 Å². The molecule has 0 spiro atoms. The van der Waals surface area contributed by atoms with Gasteiger partial charge in [-0.05, 0) is 53.2 Å². The van der Waals surface area contributed by atoms with Gasteiger partial charge in [0, 0.05) is 37.1 Å². The Bertz CT molecular complexity index is 872. The Hall–Kier alpha value is -2.19. The summed E-state index contributed by atoms with van der Waals surface area (Å²) >= 11 is 3.54. The molecule has 1 aliphatic rings. The van der Waals surface area contributed by atoms with E-state index in [2.05, 4.69) is 36.6 Å². The quantitative estimate of drug-likeness (QED) is 0.592. The molecule has 3 heterocycles. The molecule has 4 rings (SSSR count). The highest BCUT2D eigenvalue weighted by Crippen LogP contribution is 2.25. The first-order chi connectivity index (χ1) is 12.7. The number of nitrogens with two attached hydrogens (primary N) is 1. The van der Waals surface area contributed by atoms with E-state index in [1.165, 1.54) is 0 Å². The molecule has 0 aromatic carbocycles. The number of fused-ring (bicyclic) bond motifs is 1. The molecule has 0 amide bonds. The summed E-state index contributed by atoms with van der Waals surface area (Å²) in [4.78, 5) is 8.88. The molecule has 1 saturated carbocycles. The molecule has 0 unspecified atom stereocenters. The zero-order chi connectivity index (χ0) is 17.9. The van der Waals surface area contributed by atoms with Crippen molar-refractivity contribution in [1.29, 1.82) is 0 Å². The van der Waals surface area contributed by atoms with E-state index in [4.69, 9.17) is 10.7 Å². The van der Waals surface area contributed by atoms with Crippen LogP contribution in [0.2, 0.25) is 0 Å². The molecule has 7 nitrogen and oxygen atoms in total. The molecule has 26 heavy (non-hydrogen) atoms. The fourth-order valence-corrected chi connectivity index (χ4v) is 3.65. The van der Waals surface area contributed by atoms with Crippen molar-refractivity contribution in [3.05, 3.63) is 46.8 Å². The number of hydrogen-bond donors (Lipinski definition) is 3. The van der Waals surface area contributed by atoms with Crippen LogP contribution in [0.25, 0.3) is 5.65 Å². The highest BCUT2D eigenvalue weighted by Gasteiger charge is 2.19. The lowest BCUT2D eigenvalue weighted by atomic mass is 9.92. The first-order valence-corrected chi connectivity index (χ1v) is 9.67. The number of hydrogen-bond acceptors (Lipinski definition) is 6. The average Bonchev–Trinajstić information content (AvgIpc) is 3.04. The van der Waals surface area contributed by atoms with Gasteiger partial charge in [-0.25, -0.2) is 4.98 Å². The normalized spacial score (nSPS) is 20.2. The maximum atomic E-state index is 6.01. The summed E-state index contributed by atoms with van der Waals surface area (Å²) in [5.41, 5.74) is 7.91. The van der Waals surface area contributed by atoms with Crippen LogP contribution in [0, 0.1) is 0 Å². The first kappa shape index (κ1) is 17.2. The third-order valence-electron chi connectivity index (χ3n) is 4.75. The summed E-state index contributed by atoms with van der Waals surface area (Å²) in [5.74, 6) is 1.74. The number of anilines is 2. The standard InChI is InChI=1S/C18H22BrN7/c19-15-11-23-26-17(22-10-12-2-1-7-21-9-12)8-16(25-18(15)26)24-14-5-3-13(20)4-6-14/h1-2,7-9,11,13-14,22H,3-6,10,20H2,(H,24,25). The average molecular weight is 416 g/mol. The van der Waals surface area contributed by atoms with Crippen LogP contribution in [-0.2, 0) is 6.54 Å². The number of nitrogens with zero attached hydrogens (tertiary/aromatic N) is 4. The maximum Gasteiger partial charge on any atom is 0.173 e. The molecule has 1 aliphatic carbocycles. The van der Waals surface area contributed by atoms with Gasteiger partial charge >= 0.3 is 0 Å². The van der Waals surface area contributed by atoms with Crippen LogP contribution in [0.15, 0.2) is 41.3 Å². The van der Waals surface area contributed by atoms with Crippen LogP contribution in [0.1, 0.15) is 31.2 Å². The fraction of sp³-hybridized carbons (Fsp3) is 0.389. The molecule has 0 bridgehead atoms. The van der Waals surface area contributed by atoms with Crippen LogP contribution < -0.4 is 16.4 Å². The third kappa shape index (κ3) is 3.81. The molecular weight excluding hydrogens is 394 g/mol. The second kappa shape index (κ2) is 7.59.